The maximum atomic E-state index is 13.3. The van der Waals surface area contributed by atoms with Gasteiger partial charge in [0, 0.05) is 22.5 Å². The first-order valence-corrected chi connectivity index (χ1v) is 12.6. The number of ether oxygens (including phenoxy) is 3. The number of carbonyl (C=O) groups is 1. The van der Waals surface area contributed by atoms with E-state index in [-0.39, 0.29) is 30.3 Å². The number of aryl methyl sites for hydroxylation is 1. The van der Waals surface area contributed by atoms with Crippen molar-refractivity contribution in [2.75, 3.05) is 19.8 Å². The standard InChI is InChI=1S/C25H27BrN4O7/c1-4-7-8-22-28-19-10-9-17(26)13-18(19)25(32)29(22)27-14-16-11-20(30(33)34)24(21(12-16)35-5-2)37-15-23(31)36-6-3/h9-14H,4-8,15H2,1-3H3. The highest BCUT2D eigenvalue weighted by molar-refractivity contribution is 9.10. The molecule has 0 saturated heterocycles. The summed E-state index contributed by atoms with van der Waals surface area (Å²) in [4.78, 5) is 40.8. The van der Waals surface area contributed by atoms with E-state index in [4.69, 9.17) is 14.2 Å². The molecule has 0 aliphatic rings. The van der Waals surface area contributed by atoms with Crippen molar-refractivity contribution in [1.29, 1.82) is 0 Å². The molecule has 0 radical (unpaired) electrons. The second-order valence-corrected chi connectivity index (χ2v) is 8.72. The van der Waals surface area contributed by atoms with Gasteiger partial charge >= 0.3 is 11.7 Å². The van der Waals surface area contributed by atoms with Gasteiger partial charge in [0.05, 0.1) is 35.3 Å². The third kappa shape index (κ3) is 6.91. The van der Waals surface area contributed by atoms with E-state index in [9.17, 15) is 19.7 Å². The zero-order valence-corrected chi connectivity index (χ0v) is 22.3. The van der Waals surface area contributed by atoms with E-state index in [1.807, 2.05) is 13.0 Å². The summed E-state index contributed by atoms with van der Waals surface area (Å²) in [5.74, 6) is -0.331. The SMILES string of the molecule is CCCCc1nc2ccc(Br)cc2c(=O)n1N=Cc1cc(OCC)c(OCC(=O)OCC)c([N+](=O)[O-])c1. The number of nitrogens with zero attached hydrogens (tertiary/aromatic N) is 4. The van der Waals surface area contributed by atoms with Crippen molar-refractivity contribution in [3.63, 3.8) is 0 Å². The van der Waals surface area contributed by atoms with Gasteiger partial charge in [-0.1, -0.05) is 29.3 Å². The van der Waals surface area contributed by atoms with Gasteiger partial charge in [-0.2, -0.15) is 9.78 Å². The number of halogens is 1. The normalized spacial score (nSPS) is 11.1. The molecule has 3 rings (SSSR count). The van der Waals surface area contributed by atoms with E-state index < -0.39 is 23.2 Å². The van der Waals surface area contributed by atoms with E-state index in [2.05, 4.69) is 26.0 Å². The molecule has 37 heavy (non-hydrogen) atoms. The minimum Gasteiger partial charge on any atom is -0.490 e. The van der Waals surface area contributed by atoms with Crippen LogP contribution in [0.2, 0.25) is 0 Å². The monoisotopic (exact) mass is 574 g/mol. The van der Waals surface area contributed by atoms with Crippen LogP contribution in [0.25, 0.3) is 10.9 Å². The molecular formula is C25H27BrN4O7. The van der Waals surface area contributed by atoms with Gasteiger partial charge in [-0.3, -0.25) is 14.9 Å². The summed E-state index contributed by atoms with van der Waals surface area (Å²) in [6.07, 6.45) is 3.55. The number of nitro groups is 1. The van der Waals surface area contributed by atoms with Crippen molar-refractivity contribution in [2.24, 2.45) is 5.10 Å². The zero-order valence-electron chi connectivity index (χ0n) is 20.7. The maximum absolute atomic E-state index is 13.3. The Hall–Kier alpha value is -3.80. The molecule has 1 heterocycles. The van der Waals surface area contributed by atoms with Crippen molar-refractivity contribution < 1.29 is 23.9 Å². The number of rotatable bonds is 12. The van der Waals surface area contributed by atoms with Gasteiger partial charge in [0.2, 0.25) is 5.75 Å². The Kier molecular flexibility index (Phi) is 9.72. The Morgan fingerprint density at radius 1 is 1.19 bits per heavy atom. The summed E-state index contributed by atoms with van der Waals surface area (Å²) in [6, 6.07) is 7.97. The minimum absolute atomic E-state index is 0.0570. The van der Waals surface area contributed by atoms with E-state index >= 15 is 0 Å². The molecule has 0 bridgehead atoms. The molecular weight excluding hydrogens is 548 g/mol. The maximum Gasteiger partial charge on any atom is 0.344 e. The number of nitro benzene ring substituents is 1. The summed E-state index contributed by atoms with van der Waals surface area (Å²) in [7, 11) is 0. The van der Waals surface area contributed by atoms with Crippen molar-refractivity contribution in [2.45, 2.75) is 40.0 Å². The second-order valence-electron chi connectivity index (χ2n) is 7.81. The number of benzene rings is 2. The second kappa shape index (κ2) is 12.9. The Balaban J connectivity index is 2.08. The van der Waals surface area contributed by atoms with E-state index in [1.165, 1.54) is 23.0 Å². The largest absolute Gasteiger partial charge is 0.490 e. The lowest BCUT2D eigenvalue weighted by molar-refractivity contribution is -0.385. The Morgan fingerprint density at radius 2 is 1.97 bits per heavy atom. The molecule has 0 spiro atoms. The predicted molar refractivity (Wildman–Crippen MR) is 142 cm³/mol. The first-order valence-electron chi connectivity index (χ1n) is 11.8. The van der Waals surface area contributed by atoms with E-state index in [0.29, 0.717) is 28.7 Å². The van der Waals surface area contributed by atoms with Crippen LogP contribution in [0.4, 0.5) is 5.69 Å². The number of unbranched alkanes of at least 4 members (excludes halogenated alkanes) is 1. The van der Waals surface area contributed by atoms with Gasteiger partial charge in [0.1, 0.15) is 5.82 Å². The summed E-state index contributed by atoms with van der Waals surface area (Å²) in [5, 5.41) is 16.6. The number of fused-ring (bicyclic) bond motifs is 1. The molecule has 0 unspecified atom stereocenters. The molecule has 0 saturated carbocycles. The Labute approximate surface area is 221 Å². The van der Waals surface area contributed by atoms with Crippen LogP contribution in [0.15, 0.2) is 44.7 Å². The molecule has 11 nitrogen and oxygen atoms in total. The van der Waals surface area contributed by atoms with Crippen LogP contribution in [0.3, 0.4) is 0 Å². The van der Waals surface area contributed by atoms with Gasteiger partial charge < -0.3 is 14.2 Å². The lowest BCUT2D eigenvalue weighted by atomic mass is 10.2. The van der Waals surface area contributed by atoms with Gasteiger partial charge in [0.25, 0.3) is 5.56 Å². The van der Waals surface area contributed by atoms with Gasteiger partial charge in [0.15, 0.2) is 12.4 Å². The van der Waals surface area contributed by atoms with Gasteiger partial charge in [-0.25, -0.2) is 9.78 Å². The predicted octanol–water partition coefficient (Wildman–Crippen LogP) is 4.63. The zero-order chi connectivity index (χ0) is 26.9. The molecule has 3 aromatic rings. The fourth-order valence-electron chi connectivity index (χ4n) is 3.49. The van der Waals surface area contributed by atoms with Crippen molar-refractivity contribution in [1.82, 2.24) is 9.66 Å². The summed E-state index contributed by atoms with van der Waals surface area (Å²) in [5.41, 5.74) is 0.0721. The smallest absolute Gasteiger partial charge is 0.344 e. The molecule has 2 aromatic carbocycles. The number of esters is 1. The van der Waals surface area contributed by atoms with Crippen LogP contribution >= 0.6 is 15.9 Å². The van der Waals surface area contributed by atoms with Crippen LogP contribution < -0.4 is 15.0 Å². The molecule has 0 aliphatic carbocycles. The van der Waals surface area contributed by atoms with Crippen molar-refractivity contribution in [3.05, 3.63) is 66.7 Å². The first-order chi connectivity index (χ1) is 17.8. The summed E-state index contributed by atoms with van der Waals surface area (Å²) < 4.78 is 17.7. The van der Waals surface area contributed by atoms with Crippen LogP contribution in [0, 0.1) is 10.1 Å². The lowest BCUT2D eigenvalue weighted by Gasteiger charge is -2.13. The third-order valence-corrected chi connectivity index (χ3v) is 5.64. The topological polar surface area (TPSA) is 135 Å². The average molecular weight is 575 g/mol. The molecule has 0 N–H and O–H groups in total. The Morgan fingerprint density at radius 3 is 2.65 bits per heavy atom. The van der Waals surface area contributed by atoms with Crippen LogP contribution in [-0.4, -0.2) is 46.6 Å². The van der Waals surface area contributed by atoms with Gasteiger partial charge in [-0.05, 0) is 44.5 Å². The summed E-state index contributed by atoms with van der Waals surface area (Å²) >= 11 is 3.38. The highest BCUT2D eigenvalue weighted by Gasteiger charge is 2.24. The number of carbonyl (C=O) groups excluding carboxylic acids is 1. The molecule has 0 fully saturated rings. The quantitative estimate of drug-likeness (QED) is 0.132. The number of aromatic nitrogens is 2. The summed E-state index contributed by atoms with van der Waals surface area (Å²) in [6.45, 7) is 5.21. The molecule has 0 amide bonds. The molecule has 196 valence electrons. The highest BCUT2D eigenvalue weighted by atomic mass is 79.9. The highest BCUT2D eigenvalue weighted by Crippen LogP contribution is 2.38. The van der Waals surface area contributed by atoms with Crippen LogP contribution in [-0.2, 0) is 16.0 Å². The fourth-order valence-corrected chi connectivity index (χ4v) is 3.86. The minimum atomic E-state index is -0.667. The first kappa shape index (κ1) is 27.8. The molecule has 12 heteroatoms. The number of hydrogen-bond acceptors (Lipinski definition) is 9. The van der Waals surface area contributed by atoms with Crippen molar-refractivity contribution in [3.8, 4) is 11.5 Å². The molecule has 1 aromatic heterocycles. The fraction of sp³-hybridized carbons (Fsp3) is 0.360. The van der Waals surface area contributed by atoms with Crippen LogP contribution in [0.5, 0.6) is 11.5 Å². The van der Waals surface area contributed by atoms with Crippen molar-refractivity contribution >= 4 is 44.7 Å². The van der Waals surface area contributed by atoms with E-state index in [0.717, 1.165) is 17.3 Å². The lowest BCUT2D eigenvalue weighted by Crippen LogP contribution is -2.22. The average Bonchev–Trinajstić information content (AvgIpc) is 2.86. The molecule has 0 aliphatic heterocycles. The number of hydrogen-bond donors (Lipinski definition) is 0. The molecule has 0 atom stereocenters. The van der Waals surface area contributed by atoms with Gasteiger partial charge in [-0.15, -0.1) is 0 Å². The van der Waals surface area contributed by atoms with Crippen LogP contribution in [0.1, 0.15) is 45.0 Å². The Bertz CT molecular complexity index is 1390. The third-order valence-electron chi connectivity index (χ3n) is 5.15. The van der Waals surface area contributed by atoms with E-state index in [1.54, 1.807) is 26.0 Å².